The number of nitrogens with one attached hydrogen (secondary N) is 3. The van der Waals surface area contributed by atoms with Gasteiger partial charge in [0, 0.05) is 29.1 Å². The molecule has 4 aromatic rings. The van der Waals surface area contributed by atoms with Gasteiger partial charge in [-0.3, -0.25) is 9.59 Å². The van der Waals surface area contributed by atoms with E-state index in [0.29, 0.717) is 11.1 Å². The topological polar surface area (TPSA) is 111 Å². The predicted octanol–water partition coefficient (Wildman–Crippen LogP) is 3.75. The Labute approximate surface area is 196 Å². The first-order chi connectivity index (χ1) is 16.5. The molecule has 4 rings (SSSR count). The lowest BCUT2D eigenvalue weighted by Gasteiger charge is -2.17. The molecular formula is C27H23N3O4. The second kappa shape index (κ2) is 10.3. The van der Waals surface area contributed by atoms with Crippen molar-refractivity contribution in [3.8, 4) is 0 Å². The first kappa shape index (κ1) is 22.5. The number of amides is 2. The SMILES string of the molecule is O=C(NC(Cc1c[nH]c2ccccc12)C(=O)O)/C(=C/c1ccccc1)NC(=O)c1ccccc1. The largest absolute Gasteiger partial charge is 0.480 e. The lowest BCUT2D eigenvalue weighted by Crippen LogP contribution is -2.45. The van der Waals surface area contributed by atoms with E-state index in [4.69, 9.17) is 0 Å². The Morgan fingerprint density at radius 1 is 0.882 bits per heavy atom. The maximum Gasteiger partial charge on any atom is 0.326 e. The van der Waals surface area contributed by atoms with Crippen LogP contribution in [0.5, 0.6) is 0 Å². The highest BCUT2D eigenvalue weighted by Gasteiger charge is 2.24. The second-order valence-electron chi connectivity index (χ2n) is 7.72. The summed E-state index contributed by atoms with van der Waals surface area (Å²) in [7, 11) is 0. The van der Waals surface area contributed by atoms with Crippen molar-refractivity contribution in [2.24, 2.45) is 0 Å². The minimum Gasteiger partial charge on any atom is -0.480 e. The maximum absolute atomic E-state index is 13.2. The molecule has 1 aromatic heterocycles. The molecule has 0 spiro atoms. The molecule has 7 heteroatoms. The van der Waals surface area contributed by atoms with Crippen LogP contribution in [0, 0.1) is 0 Å². The average molecular weight is 453 g/mol. The van der Waals surface area contributed by atoms with Crippen LogP contribution in [0.3, 0.4) is 0 Å². The summed E-state index contributed by atoms with van der Waals surface area (Å²) in [5.74, 6) is -2.34. The number of aromatic amines is 1. The van der Waals surface area contributed by atoms with E-state index >= 15 is 0 Å². The fraction of sp³-hybridized carbons (Fsp3) is 0.0741. The summed E-state index contributed by atoms with van der Waals surface area (Å²) in [5, 5.41) is 15.9. The summed E-state index contributed by atoms with van der Waals surface area (Å²) in [6.45, 7) is 0. The van der Waals surface area contributed by atoms with Crippen molar-refractivity contribution in [2.45, 2.75) is 12.5 Å². The Balaban J connectivity index is 1.58. The van der Waals surface area contributed by atoms with Crippen molar-refractivity contribution in [1.82, 2.24) is 15.6 Å². The molecule has 170 valence electrons. The van der Waals surface area contributed by atoms with Crippen molar-refractivity contribution >= 4 is 34.8 Å². The van der Waals surface area contributed by atoms with Crippen LogP contribution in [0.2, 0.25) is 0 Å². The first-order valence-electron chi connectivity index (χ1n) is 10.7. The molecule has 0 bridgehead atoms. The number of aliphatic carboxylic acids is 1. The molecule has 0 saturated heterocycles. The third-order valence-corrected chi connectivity index (χ3v) is 5.34. The van der Waals surface area contributed by atoms with Crippen LogP contribution >= 0.6 is 0 Å². The Kier molecular flexibility index (Phi) is 6.84. The Morgan fingerprint density at radius 2 is 1.53 bits per heavy atom. The van der Waals surface area contributed by atoms with Gasteiger partial charge in [-0.1, -0.05) is 66.7 Å². The lowest BCUT2D eigenvalue weighted by molar-refractivity contribution is -0.141. The molecule has 1 heterocycles. The van der Waals surface area contributed by atoms with Crippen LogP contribution in [-0.2, 0) is 16.0 Å². The van der Waals surface area contributed by atoms with Gasteiger partial charge in [-0.2, -0.15) is 0 Å². The number of fused-ring (bicyclic) bond motifs is 1. The second-order valence-corrected chi connectivity index (χ2v) is 7.72. The molecular weight excluding hydrogens is 430 g/mol. The Bertz CT molecular complexity index is 1340. The minimum atomic E-state index is -1.19. The molecule has 0 radical (unpaired) electrons. The molecule has 1 atom stereocenters. The molecule has 0 fully saturated rings. The van der Waals surface area contributed by atoms with Crippen molar-refractivity contribution in [2.75, 3.05) is 0 Å². The van der Waals surface area contributed by atoms with Crippen LogP contribution in [0.25, 0.3) is 17.0 Å². The minimum absolute atomic E-state index is 0.0507. The van der Waals surface area contributed by atoms with E-state index in [9.17, 15) is 19.5 Å². The highest BCUT2D eigenvalue weighted by molar-refractivity contribution is 6.06. The number of H-pyrrole nitrogens is 1. The maximum atomic E-state index is 13.2. The number of hydrogen-bond donors (Lipinski definition) is 4. The molecule has 0 aliphatic rings. The van der Waals surface area contributed by atoms with E-state index in [1.807, 2.05) is 30.3 Å². The van der Waals surface area contributed by atoms with Crippen molar-refractivity contribution in [3.63, 3.8) is 0 Å². The zero-order valence-electron chi connectivity index (χ0n) is 18.2. The number of carboxylic acids is 1. The van der Waals surface area contributed by atoms with E-state index in [1.54, 1.807) is 60.8 Å². The quantitative estimate of drug-likeness (QED) is 0.305. The van der Waals surface area contributed by atoms with E-state index in [2.05, 4.69) is 15.6 Å². The van der Waals surface area contributed by atoms with Gasteiger partial charge in [-0.15, -0.1) is 0 Å². The van der Waals surface area contributed by atoms with Crippen molar-refractivity contribution < 1.29 is 19.5 Å². The summed E-state index contributed by atoms with van der Waals surface area (Å²) >= 11 is 0. The number of para-hydroxylation sites is 1. The number of benzene rings is 3. The molecule has 3 aromatic carbocycles. The van der Waals surface area contributed by atoms with Crippen LogP contribution in [0.4, 0.5) is 0 Å². The number of carboxylic acid groups (broad SMARTS) is 1. The highest BCUT2D eigenvalue weighted by Crippen LogP contribution is 2.19. The van der Waals surface area contributed by atoms with Gasteiger partial charge < -0.3 is 20.7 Å². The molecule has 2 amide bonds. The standard InChI is InChI=1S/C27H23N3O4/c31-25(19-11-5-2-6-12-19)29-23(15-18-9-3-1-4-10-18)26(32)30-24(27(33)34)16-20-17-28-22-14-8-7-13-21(20)22/h1-15,17,24,28H,16H2,(H,29,31)(H,30,32)(H,33,34)/b23-15-. The van der Waals surface area contributed by atoms with E-state index in [1.165, 1.54) is 6.08 Å². The third kappa shape index (κ3) is 5.39. The van der Waals surface area contributed by atoms with Crippen LogP contribution < -0.4 is 10.6 Å². The number of hydrogen-bond acceptors (Lipinski definition) is 3. The highest BCUT2D eigenvalue weighted by atomic mass is 16.4. The summed E-state index contributed by atoms with van der Waals surface area (Å²) in [6, 6.07) is 23.8. The van der Waals surface area contributed by atoms with Gasteiger partial charge in [0.25, 0.3) is 11.8 Å². The van der Waals surface area contributed by atoms with E-state index < -0.39 is 23.8 Å². The van der Waals surface area contributed by atoms with Gasteiger partial charge in [0.1, 0.15) is 11.7 Å². The average Bonchev–Trinajstić information content (AvgIpc) is 3.27. The fourth-order valence-electron chi connectivity index (χ4n) is 3.61. The zero-order valence-corrected chi connectivity index (χ0v) is 18.2. The van der Waals surface area contributed by atoms with Crippen LogP contribution in [-0.4, -0.2) is 33.9 Å². The number of aromatic nitrogens is 1. The predicted molar refractivity (Wildman–Crippen MR) is 130 cm³/mol. The summed E-state index contributed by atoms with van der Waals surface area (Å²) in [4.78, 5) is 41.0. The molecule has 0 saturated carbocycles. The van der Waals surface area contributed by atoms with Crippen LogP contribution in [0.15, 0.2) is 96.8 Å². The first-order valence-corrected chi connectivity index (χ1v) is 10.7. The summed E-state index contributed by atoms with van der Waals surface area (Å²) in [5.41, 5.74) is 2.66. The Morgan fingerprint density at radius 3 is 2.24 bits per heavy atom. The van der Waals surface area contributed by atoms with E-state index in [-0.39, 0.29) is 12.1 Å². The summed E-state index contributed by atoms with van der Waals surface area (Å²) < 4.78 is 0. The molecule has 4 N–H and O–H groups in total. The third-order valence-electron chi connectivity index (χ3n) is 5.34. The van der Waals surface area contributed by atoms with Gasteiger partial charge in [0.05, 0.1) is 0 Å². The van der Waals surface area contributed by atoms with Gasteiger partial charge in [0.2, 0.25) is 0 Å². The van der Waals surface area contributed by atoms with Gasteiger partial charge in [0.15, 0.2) is 0 Å². The normalized spacial score (nSPS) is 12.2. The number of carbonyl (C=O) groups excluding carboxylic acids is 2. The lowest BCUT2D eigenvalue weighted by atomic mass is 10.0. The van der Waals surface area contributed by atoms with E-state index in [0.717, 1.165) is 16.5 Å². The molecule has 7 nitrogen and oxygen atoms in total. The fourth-order valence-corrected chi connectivity index (χ4v) is 3.61. The molecule has 1 unspecified atom stereocenters. The number of carbonyl (C=O) groups is 3. The monoisotopic (exact) mass is 453 g/mol. The zero-order chi connectivity index (χ0) is 23.9. The molecule has 0 aliphatic carbocycles. The van der Waals surface area contributed by atoms with Crippen LogP contribution in [0.1, 0.15) is 21.5 Å². The Hall–Kier alpha value is -4.65. The summed E-state index contributed by atoms with van der Waals surface area (Å²) in [6.07, 6.45) is 3.34. The van der Waals surface area contributed by atoms with Crippen molar-refractivity contribution in [1.29, 1.82) is 0 Å². The molecule has 0 aliphatic heterocycles. The smallest absolute Gasteiger partial charge is 0.326 e. The number of rotatable bonds is 8. The molecule has 34 heavy (non-hydrogen) atoms. The van der Waals surface area contributed by atoms with Crippen molar-refractivity contribution in [3.05, 3.63) is 114 Å². The van der Waals surface area contributed by atoms with Gasteiger partial charge in [-0.05, 0) is 35.4 Å². The van der Waals surface area contributed by atoms with Gasteiger partial charge >= 0.3 is 5.97 Å². The van der Waals surface area contributed by atoms with Gasteiger partial charge in [-0.25, -0.2) is 4.79 Å².